The molecule has 0 aliphatic carbocycles. The van der Waals surface area contributed by atoms with E-state index in [2.05, 4.69) is 62.7 Å². The van der Waals surface area contributed by atoms with Gasteiger partial charge in [-0.05, 0) is 24.8 Å². The molecule has 29 heavy (non-hydrogen) atoms. The van der Waals surface area contributed by atoms with E-state index in [1.54, 1.807) is 6.33 Å². The lowest BCUT2D eigenvalue weighted by Gasteiger charge is -2.14. The molecule has 1 aliphatic heterocycles. The lowest BCUT2D eigenvalue weighted by molar-refractivity contribution is 0.187. The quantitative estimate of drug-likeness (QED) is 0.222. The largest absolute Gasteiger partial charge is 0.381 e. The molecule has 1 aromatic heterocycles. The van der Waals surface area contributed by atoms with E-state index in [1.165, 1.54) is 5.56 Å². The van der Waals surface area contributed by atoms with Crippen molar-refractivity contribution in [2.24, 2.45) is 10.9 Å². The second-order valence-electron chi connectivity index (χ2n) is 7.16. The van der Waals surface area contributed by atoms with Gasteiger partial charge in [-0.3, -0.25) is 4.99 Å². The van der Waals surface area contributed by atoms with Crippen LogP contribution >= 0.6 is 24.0 Å². The Morgan fingerprint density at radius 3 is 2.83 bits per heavy atom. The van der Waals surface area contributed by atoms with Gasteiger partial charge in [0, 0.05) is 45.1 Å². The van der Waals surface area contributed by atoms with Crippen molar-refractivity contribution in [3.8, 4) is 0 Å². The van der Waals surface area contributed by atoms with Crippen LogP contribution in [0.1, 0.15) is 31.2 Å². The summed E-state index contributed by atoms with van der Waals surface area (Å²) < 4.78 is 7.55. The molecule has 1 saturated heterocycles. The van der Waals surface area contributed by atoms with E-state index in [9.17, 15) is 0 Å². The Morgan fingerprint density at radius 2 is 2.07 bits per heavy atom. The maximum absolute atomic E-state index is 5.47. The van der Waals surface area contributed by atoms with Gasteiger partial charge in [-0.25, -0.2) is 0 Å². The summed E-state index contributed by atoms with van der Waals surface area (Å²) in [7, 11) is 0. The van der Waals surface area contributed by atoms with Crippen molar-refractivity contribution in [3.63, 3.8) is 0 Å². The van der Waals surface area contributed by atoms with Crippen LogP contribution < -0.4 is 10.6 Å². The predicted octanol–water partition coefficient (Wildman–Crippen LogP) is 2.66. The van der Waals surface area contributed by atoms with E-state index in [4.69, 9.17) is 9.73 Å². The van der Waals surface area contributed by atoms with Gasteiger partial charge in [0.1, 0.15) is 12.2 Å². The van der Waals surface area contributed by atoms with Gasteiger partial charge in [0.25, 0.3) is 0 Å². The number of benzene rings is 1. The summed E-state index contributed by atoms with van der Waals surface area (Å²) in [6.45, 7) is 7.10. The van der Waals surface area contributed by atoms with Crippen molar-refractivity contribution in [2.45, 2.75) is 39.2 Å². The Hall–Kier alpha value is -1.68. The number of halogens is 1. The lowest BCUT2D eigenvalue weighted by Crippen LogP contribution is -2.40. The van der Waals surface area contributed by atoms with Crippen LogP contribution in [0.25, 0.3) is 0 Å². The molecular formula is C21H33IN6O. The van der Waals surface area contributed by atoms with Gasteiger partial charge >= 0.3 is 0 Å². The number of aryl methyl sites for hydroxylation is 2. The highest BCUT2D eigenvalue weighted by Gasteiger charge is 2.15. The van der Waals surface area contributed by atoms with Crippen LogP contribution in [0.5, 0.6) is 0 Å². The number of hydrogen-bond donors (Lipinski definition) is 2. The summed E-state index contributed by atoms with van der Waals surface area (Å²) in [4.78, 5) is 4.79. The summed E-state index contributed by atoms with van der Waals surface area (Å²) >= 11 is 0. The molecule has 0 spiro atoms. The van der Waals surface area contributed by atoms with Crippen LogP contribution in [-0.4, -0.2) is 53.6 Å². The number of ether oxygens (including phenoxy) is 1. The van der Waals surface area contributed by atoms with Gasteiger partial charge in [-0.15, -0.1) is 34.2 Å². The Balaban J connectivity index is 0.00000300. The first-order chi connectivity index (χ1) is 13.8. The minimum Gasteiger partial charge on any atom is -0.381 e. The molecule has 0 saturated carbocycles. The van der Waals surface area contributed by atoms with Crippen LogP contribution in [0.4, 0.5) is 0 Å². The van der Waals surface area contributed by atoms with Crippen LogP contribution in [-0.2, 0) is 24.1 Å². The number of rotatable bonds is 10. The molecule has 2 N–H and O–H groups in total. The van der Waals surface area contributed by atoms with Gasteiger partial charge in [0.2, 0.25) is 0 Å². The average Bonchev–Trinajstić information content (AvgIpc) is 3.41. The Labute approximate surface area is 190 Å². The molecule has 1 unspecified atom stereocenters. The minimum absolute atomic E-state index is 0. The van der Waals surface area contributed by atoms with E-state index in [1.807, 2.05) is 0 Å². The van der Waals surface area contributed by atoms with E-state index in [-0.39, 0.29) is 24.0 Å². The Bertz CT molecular complexity index is 715. The number of nitrogens with one attached hydrogen (secondary N) is 2. The fourth-order valence-electron chi connectivity index (χ4n) is 3.30. The van der Waals surface area contributed by atoms with Gasteiger partial charge in [-0.1, -0.05) is 37.3 Å². The molecule has 0 bridgehead atoms. The zero-order chi connectivity index (χ0) is 19.4. The average molecular weight is 512 g/mol. The van der Waals surface area contributed by atoms with E-state index in [0.29, 0.717) is 5.92 Å². The molecule has 0 radical (unpaired) electrons. The van der Waals surface area contributed by atoms with Crippen molar-refractivity contribution in [1.82, 2.24) is 25.4 Å². The number of aliphatic imine (C=N–C) groups is 1. The highest BCUT2D eigenvalue weighted by atomic mass is 127. The first kappa shape index (κ1) is 23.6. The van der Waals surface area contributed by atoms with Crippen LogP contribution in [0.15, 0.2) is 41.7 Å². The molecule has 1 fully saturated rings. The lowest BCUT2D eigenvalue weighted by atomic mass is 10.1. The molecular weight excluding hydrogens is 479 g/mol. The number of nitrogens with zero attached hydrogens (tertiary/aromatic N) is 4. The third-order valence-electron chi connectivity index (χ3n) is 4.97. The topological polar surface area (TPSA) is 76.4 Å². The van der Waals surface area contributed by atoms with Crippen molar-refractivity contribution >= 4 is 29.9 Å². The second kappa shape index (κ2) is 13.5. The van der Waals surface area contributed by atoms with Crippen molar-refractivity contribution in [3.05, 3.63) is 48.0 Å². The maximum Gasteiger partial charge on any atom is 0.191 e. The Kier molecular flexibility index (Phi) is 11.0. The van der Waals surface area contributed by atoms with Gasteiger partial charge in [0.15, 0.2) is 5.96 Å². The first-order valence-electron chi connectivity index (χ1n) is 10.4. The molecule has 160 valence electrons. The Morgan fingerprint density at radius 1 is 1.24 bits per heavy atom. The summed E-state index contributed by atoms with van der Waals surface area (Å²) in [5.74, 6) is 2.43. The molecule has 3 rings (SSSR count). The fraction of sp³-hybridized carbons (Fsp3) is 0.571. The number of aromatic nitrogens is 3. The molecule has 1 aliphatic rings. The molecule has 1 aromatic carbocycles. The van der Waals surface area contributed by atoms with Crippen LogP contribution in [0, 0.1) is 5.92 Å². The van der Waals surface area contributed by atoms with E-state index >= 15 is 0 Å². The van der Waals surface area contributed by atoms with Crippen molar-refractivity contribution in [2.75, 3.05) is 32.8 Å². The SMILES string of the molecule is CCc1nncn1CCNC(=NCC1CCOC1)NCCCc1ccccc1.I. The maximum atomic E-state index is 5.47. The molecule has 8 heteroatoms. The van der Waals surface area contributed by atoms with E-state index in [0.717, 1.165) is 76.9 Å². The van der Waals surface area contributed by atoms with Crippen LogP contribution in [0.2, 0.25) is 0 Å². The predicted molar refractivity (Wildman–Crippen MR) is 127 cm³/mol. The zero-order valence-corrected chi connectivity index (χ0v) is 19.5. The van der Waals surface area contributed by atoms with Crippen molar-refractivity contribution < 1.29 is 4.74 Å². The number of hydrogen-bond acceptors (Lipinski definition) is 4. The first-order valence-corrected chi connectivity index (χ1v) is 10.4. The van der Waals surface area contributed by atoms with Crippen molar-refractivity contribution in [1.29, 1.82) is 0 Å². The second-order valence-corrected chi connectivity index (χ2v) is 7.16. The third-order valence-corrected chi connectivity index (χ3v) is 4.97. The summed E-state index contributed by atoms with van der Waals surface area (Å²) in [6.07, 6.45) is 5.92. The monoisotopic (exact) mass is 512 g/mol. The van der Waals surface area contributed by atoms with E-state index < -0.39 is 0 Å². The van der Waals surface area contributed by atoms with Crippen LogP contribution in [0.3, 0.4) is 0 Å². The smallest absolute Gasteiger partial charge is 0.191 e. The summed E-state index contributed by atoms with van der Waals surface area (Å²) in [5.41, 5.74) is 1.37. The third kappa shape index (κ3) is 8.30. The summed E-state index contributed by atoms with van der Waals surface area (Å²) in [5, 5.41) is 15.1. The molecule has 7 nitrogen and oxygen atoms in total. The van der Waals surface area contributed by atoms with Gasteiger partial charge in [-0.2, -0.15) is 0 Å². The highest BCUT2D eigenvalue weighted by molar-refractivity contribution is 14.0. The number of guanidine groups is 1. The summed E-state index contributed by atoms with van der Waals surface area (Å²) in [6, 6.07) is 10.6. The van der Waals surface area contributed by atoms with Gasteiger partial charge < -0.3 is 19.9 Å². The molecule has 1 atom stereocenters. The fourth-order valence-corrected chi connectivity index (χ4v) is 3.30. The minimum atomic E-state index is 0. The molecule has 0 amide bonds. The molecule has 2 heterocycles. The zero-order valence-electron chi connectivity index (χ0n) is 17.2. The highest BCUT2D eigenvalue weighted by Crippen LogP contribution is 2.12. The molecule has 2 aromatic rings. The standard InChI is InChI=1S/C21H32N6O.HI/c1-2-20-26-25-17-27(20)13-12-23-21(24-15-19-10-14-28-16-19)22-11-6-9-18-7-4-3-5-8-18;/h3-5,7-8,17,19H,2,6,9-16H2,1H3,(H2,22,23,24);1H. The van der Waals surface area contributed by atoms with Gasteiger partial charge in [0.05, 0.1) is 6.61 Å². The normalized spacial score (nSPS) is 16.4.